The van der Waals surface area contributed by atoms with Crippen molar-refractivity contribution in [2.24, 2.45) is 5.92 Å². The summed E-state index contributed by atoms with van der Waals surface area (Å²) in [6.07, 6.45) is 3.54. The zero-order valence-corrected chi connectivity index (χ0v) is 23.1. The number of carbonyl (C=O) groups excluding carboxylic acids is 2. The van der Waals surface area contributed by atoms with E-state index in [0.717, 1.165) is 31.2 Å². The fraction of sp³-hybridized carbons (Fsp3) is 0.552. The maximum atomic E-state index is 16.7. The van der Waals surface area contributed by atoms with E-state index in [4.69, 9.17) is 14.2 Å². The number of fused-ring (bicyclic) bond motifs is 1. The molecule has 1 aliphatic carbocycles. The third kappa shape index (κ3) is 5.94. The number of nitrogens with zero attached hydrogens (tertiary/aromatic N) is 4. The monoisotopic (exact) mass is 553 g/mol. The number of aryl methyl sites for hydroxylation is 1. The number of hydrogen-bond donors (Lipinski definition) is 1. The van der Waals surface area contributed by atoms with Crippen LogP contribution in [0.2, 0.25) is 0 Å². The third-order valence-corrected chi connectivity index (χ3v) is 7.74. The molecule has 0 unspecified atom stereocenters. The van der Waals surface area contributed by atoms with Crippen molar-refractivity contribution in [3.8, 4) is 0 Å². The van der Waals surface area contributed by atoms with Crippen molar-refractivity contribution >= 4 is 28.9 Å². The summed E-state index contributed by atoms with van der Waals surface area (Å²) >= 11 is 0. The van der Waals surface area contributed by atoms with Gasteiger partial charge in [0.1, 0.15) is 18.5 Å². The Morgan fingerprint density at radius 3 is 2.62 bits per heavy atom. The molecule has 3 heterocycles. The van der Waals surface area contributed by atoms with Crippen molar-refractivity contribution in [2.75, 3.05) is 19.0 Å². The Hall–Kier alpha value is -3.60. The number of aromatic nitrogens is 4. The van der Waals surface area contributed by atoms with Crippen LogP contribution in [0.1, 0.15) is 63.1 Å². The lowest BCUT2D eigenvalue weighted by Crippen LogP contribution is -2.44. The van der Waals surface area contributed by atoms with Gasteiger partial charge in [-0.05, 0) is 38.2 Å². The summed E-state index contributed by atoms with van der Waals surface area (Å²) in [5, 5.41) is 2.98. The van der Waals surface area contributed by atoms with Gasteiger partial charge in [0.15, 0.2) is 35.0 Å². The Bertz CT molecular complexity index is 1340. The number of rotatable bonds is 9. The van der Waals surface area contributed by atoms with Gasteiger partial charge in [-0.25, -0.2) is 19.3 Å². The molecule has 1 aliphatic heterocycles. The lowest BCUT2D eigenvalue weighted by Gasteiger charge is -2.27. The molecule has 2 fully saturated rings. The van der Waals surface area contributed by atoms with E-state index in [2.05, 4.69) is 20.3 Å². The van der Waals surface area contributed by atoms with Crippen LogP contribution in [-0.2, 0) is 30.2 Å². The molecule has 214 valence electrons. The number of halogens is 1. The molecule has 40 heavy (non-hydrogen) atoms. The Balaban J connectivity index is 1.38. The standard InChI is InChI=1S/C29H36FN5O5/c1-18-33-26(31-3)24-27(34-18)35(17-32-24)28-29(2,30)25(40-23(37)15-20-12-8-5-9-13-20)21(39-28)16-38-22(36)14-19-10-6-4-7-11-19/h5,8-9,12-13,17,19,21,25,28H,4,6-7,10-11,14-16H2,1-3H3,(H,31,33,34)/t21-,25-,28-,29-/m1/s1. The van der Waals surface area contributed by atoms with Crippen molar-refractivity contribution < 1.29 is 28.2 Å². The topological polar surface area (TPSA) is 117 Å². The molecule has 0 amide bonds. The molecule has 0 spiro atoms. The average Bonchev–Trinajstić information content (AvgIpc) is 3.45. The number of alkyl halides is 1. The van der Waals surface area contributed by atoms with Gasteiger partial charge in [-0.1, -0.05) is 49.6 Å². The van der Waals surface area contributed by atoms with Gasteiger partial charge < -0.3 is 19.5 Å². The number of anilines is 1. The first kappa shape index (κ1) is 27.9. The van der Waals surface area contributed by atoms with Crippen LogP contribution in [0.3, 0.4) is 0 Å². The molecule has 0 radical (unpaired) electrons. The quantitative estimate of drug-likeness (QED) is 0.383. The van der Waals surface area contributed by atoms with Crippen molar-refractivity contribution in [2.45, 2.75) is 82.9 Å². The lowest BCUT2D eigenvalue weighted by atomic mass is 9.87. The SMILES string of the molecule is CNc1nc(C)nc2c1ncn2[C@@H]1O[C@H](COC(=O)CC2CCCCC2)[C@@H](OC(=O)Cc2ccccc2)[C@@]1(C)F. The van der Waals surface area contributed by atoms with Gasteiger partial charge in [0.25, 0.3) is 0 Å². The van der Waals surface area contributed by atoms with Crippen LogP contribution >= 0.6 is 0 Å². The molecule has 3 aromatic rings. The predicted octanol–water partition coefficient (Wildman–Crippen LogP) is 4.47. The fourth-order valence-corrected chi connectivity index (χ4v) is 5.71. The van der Waals surface area contributed by atoms with Gasteiger partial charge in [0.2, 0.25) is 0 Å². The number of esters is 2. The molecule has 1 aromatic carbocycles. The second-order valence-corrected chi connectivity index (χ2v) is 10.8. The van der Waals surface area contributed by atoms with E-state index in [9.17, 15) is 9.59 Å². The average molecular weight is 554 g/mol. The minimum atomic E-state index is -2.20. The highest BCUT2D eigenvalue weighted by Crippen LogP contribution is 2.44. The molecule has 1 saturated carbocycles. The highest BCUT2D eigenvalue weighted by Gasteiger charge is 2.58. The smallest absolute Gasteiger partial charge is 0.310 e. The maximum absolute atomic E-state index is 16.7. The fourth-order valence-electron chi connectivity index (χ4n) is 5.71. The van der Waals surface area contributed by atoms with Crippen molar-refractivity contribution in [1.29, 1.82) is 0 Å². The van der Waals surface area contributed by atoms with Crippen LogP contribution in [0, 0.1) is 12.8 Å². The molecule has 2 aromatic heterocycles. The summed E-state index contributed by atoms with van der Waals surface area (Å²) in [5.74, 6) is 0.305. The summed E-state index contributed by atoms with van der Waals surface area (Å²) in [6.45, 7) is 2.80. The molecule has 4 atom stereocenters. The molecule has 1 N–H and O–H groups in total. The van der Waals surface area contributed by atoms with Crippen LogP contribution in [0.4, 0.5) is 10.2 Å². The first-order valence-electron chi connectivity index (χ1n) is 13.9. The van der Waals surface area contributed by atoms with Crippen molar-refractivity contribution in [1.82, 2.24) is 19.5 Å². The summed E-state index contributed by atoms with van der Waals surface area (Å²) < 4.78 is 35.7. The normalized spacial score (nSPS) is 25.1. The Morgan fingerprint density at radius 1 is 1.15 bits per heavy atom. The molecule has 0 bridgehead atoms. The largest absolute Gasteiger partial charge is 0.463 e. The zero-order chi connectivity index (χ0) is 28.3. The van der Waals surface area contributed by atoms with Crippen LogP contribution in [-0.4, -0.2) is 63.0 Å². The molecule has 10 nitrogen and oxygen atoms in total. The van der Waals surface area contributed by atoms with E-state index in [-0.39, 0.29) is 19.0 Å². The molecule has 2 aliphatic rings. The van der Waals surface area contributed by atoms with Gasteiger partial charge in [-0.2, -0.15) is 0 Å². The molecular weight excluding hydrogens is 517 g/mol. The second-order valence-electron chi connectivity index (χ2n) is 10.8. The van der Waals surface area contributed by atoms with E-state index < -0.39 is 30.1 Å². The van der Waals surface area contributed by atoms with Crippen molar-refractivity contribution in [3.05, 3.63) is 48.0 Å². The molecule has 1 saturated heterocycles. The molecular formula is C29H36FN5O5. The van der Waals surface area contributed by atoms with Gasteiger partial charge in [0.05, 0.1) is 12.7 Å². The van der Waals surface area contributed by atoms with Crippen LogP contribution in [0.15, 0.2) is 36.7 Å². The maximum Gasteiger partial charge on any atom is 0.310 e. The minimum Gasteiger partial charge on any atom is -0.463 e. The van der Waals surface area contributed by atoms with Crippen molar-refractivity contribution in [3.63, 3.8) is 0 Å². The Labute approximate surface area is 232 Å². The number of nitrogens with one attached hydrogen (secondary N) is 1. The Morgan fingerprint density at radius 2 is 1.90 bits per heavy atom. The predicted molar refractivity (Wildman–Crippen MR) is 145 cm³/mol. The number of imidazole rings is 1. The zero-order valence-electron chi connectivity index (χ0n) is 23.1. The lowest BCUT2D eigenvalue weighted by molar-refractivity contribution is -0.161. The minimum absolute atomic E-state index is 0.0295. The number of hydrogen-bond acceptors (Lipinski definition) is 9. The molecule has 11 heteroatoms. The summed E-state index contributed by atoms with van der Waals surface area (Å²) in [7, 11) is 1.71. The van der Waals surface area contributed by atoms with Gasteiger partial charge in [-0.15, -0.1) is 0 Å². The van der Waals surface area contributed by atoms with Crippen LogP contribution in [0.5, 0.6) is 0 Å². The van der Waals surface area contributed by atoms with E-state index in [1.54, 1.807) is 26.1 Å². The van der Waals surface area contributed by atoms with E-state index >= 15 is 4.39 Å². The highest BCUT2D eigenvalue weighted by atomic mass is 19.1. The summed E-state index contributed by atoms with van der Waals surface area (Å²) in [6, 6.07) is 9.08. The number of ether oxygens (including phenoxy) is 3. The molecule has 5 rings (SSSR count). The van der Waals surface area contributed by atoms with Gasteiger partial charge in [-0.3, -0.25) is 14.2 Å². The summed E-state index contributed by atoms with van der Waals surface area (Å²) in [4.78, 5) is 38.8. The summed E-state index contributed by atoms with van der Waals surface area (Å²) in [5.41, 5.74) is -0.632. The Kier molecular flexibility index (Phi) is 8.30. The van der Waals surface area contributed by atoms with E-state index in [1.165, 1.54) is 24.2 Å². The third-order valence-electron chi connectivity index (χ3n) is 7.74. The first-order chi connectivity index (χ1) is 19.3. The highest BCUT2D eigenvalue weighted by molar-refractivity contribution is 5.83. The van der Waals surface area contributed by atoms with Gasteiger partial charge >= 0.3 is 11.9 Å². The van der Waals surface area contributed by atoms with E-state index in [1.807, 2.05) is 18.2 Å². The van der Waals surface area contributed by atoms with Crippen LogP contribution in [0.25, 0.3) is 11.2 Å². The number of carbonyl (C=O) groups is 2. The van der Waals surface area contributed by atoms with E-state index in [0.29, 0.717) is 35.1 Å². The first-order valence-corrected chi connectivity index (χ1v) is 13.9. The van der Waals surface area contributed by atoms with Crippen LogP contribution < -0.4 is 5.32 Å². The number of benzene rings is 1. The second kappa shape index (κ2) is 11.9. The van der Waals surface area contributed by atoms with Gasteiger partial charge in [0, 0.05) is 13.5 Å².